The van der Waals surface area contributed by atoms with Crippen molar-refractivity contribution in [2.24, 2.45) is 0 Å². The Kier molecular flexibility index (Phi) is 7.13. The Labute approximate surface area is 289 Å². The molecule has 5 aromatic heterocycles. The summed E-state index contributed by atoms with van der Waals surface area (Å²) in [4.78, 5) is 26.9. The Balaban J connectivity index is 1.48. The number of nitrogens with zero attached hydrogens (tertiary/aromatic N) is 4. The Hall–Kier alpha value is -6.66. The summed E-state index contributed by atoms with van der Waals surface area (Å²) >= 11 is 0. The van der Waals surface area contributed by atoms with Crippen molar-refractivity contribution in [2.45, 2.75) is 13.8 Å². The first-order valence-corrected chi connectivity index (χ1v) is 16.7. The molecule has 9 rings (SSSR count). The summed E-state index contributed by atoms with van der Waals surface area (Å²) in [5, 5.41) is 0. The molecule has 0 radical (unpaired) electrons. The smallest absolute Gasteiger partial charge is 0.0737 e. The van der Waals surface area contributed by atoms with Gasteiger partial charge in [0.1, 0.15) is 0 Å². The van der Waals surface area contributed by atoms with Crippen LogP contribution < -0.4 is 0 Å². The van der Waals surface area contributed by atoms with E-state index in [1.165, 1.54) is 11.1 Å². The van der Waals surface area contributed by atoms with Gasteiger partial charge in [-0.1, -0.05) is 59.7 Å². The van der Waals surface area contributed by atoms with Gasteiger partial charge in [-0.15, -0.1) is 0 Å². The van der Waals surface area contributed by atoms with Crippen LogP contribution in [0.4, 0.5) is 0 Å². The number of fused-ring (bicyclic) bond motifs is 8. The molecule has 2 aliphatic rings. The number of aryl methyl sites for hydroxylation is 2. The number of hydrogen-bond donors (Lipinski definition) is 2. The third-order valence-electron chi connectivity index (χ3n) is 9.37. The zero-order valence-corrected chi connectivity index (χ0v) is 27.6. The minimum Gasteiger partial charge on any atom is -0.354 e. The number of pyridine rings is 2. The zero-order valence-electron chi connectivity index (χ0n) is 27.6. The molecule has 0 amide bonds. The van der Waals surface area contributed by atoms with E-state index in [4.69, 9.17) is 9.97 Å². The number of aromatic amines is 2. The van der Waals surface area contributed by atoms with Gasteiger partial charge < -0.3 is 9.97 Å². The van der Waals surface area contributed by atoms with Crippen LogP contribution in [-0.2, 0) is 0 Å². The van der Waals surface area contributed by atoms with E-state index in [0.717, 1.165) is 89.4 Å². The van der Waals surface area contributed by atoms with E-state index in [0.29, 0.717) is 0 Å². The minimum absolute atomic E-state index is 0.870. The van der Waals surface area contributed by atoms with Crippen LogP contribution in [0.15, 0.2) is 122 Å². The van der Waals surface area contributed by atoms with Crippen molar-refractivity contribution in [3.63, 3.8) is 0 Å². The van der Waals surface area contributed by atoms with E-state index in [-0.39, 0.29) is 0 Å². The summed E-state index contributed by atoms with van der Waals surface area (Å²) in [7, 11) is 0. The van der Waals surface area contributed by atoms with Gasteiger partial charge in [0.25, 0.3) is 0 Å². The van der Waals surface area contributed by atoms with Crippen molar-refractivity contribution in [3.05, 3.63) is 156 Å². The van der Waals surface area contributed by atoms with Crippen molar-refractivity contribution < 1.29 is 0 Å². The SMILES string of the molecule is Cc1ccc(-c2c3nc(c(-c4ccncc4)c4ccc([nH]4)c(-c4ccncc4)c4nc(c(-c5ccc(C)cc5)c5ccc2[nH]5)C=C4)C=C3)cc1. The summed E-state index contributed by atoms with van der Waals surface area (Å²) in [6.07, 6.45) is 15.8. The molecular formula is C44H32N6. The number of rotatable bonds is 4. The van der Waals surface area contributed by atoms with Gasteiger partial charge in [-0.3, -0.25) is 9.97 Å². The summed E-state index contributed by atoms with van der Waals surface area (Å²) in [5.74, 6) is 0. The van der Waals surface area contributed by atoms with Gasteiger partial charge >= 0.3 is 0 Å². The minimum atomic E-state index is 0.870. The molecule has 0 fully saturated rings. The number of benzene rings is 2. The lowest BCUT2D eigenvalue weighted by molar-refractivity contribution is 1.29. The summed E-state index contributed by atoms with van der Waals surface area (Å²) < 4.78 is 0. The average molecular weight is 645 g/mol. The average Bonchev–Trinajstić information content (AvgIpc) is 3.98. The van der Waals surface area contributed by atoms with Gasteiger partial charge in [0.2, 0.25) is 0 Å². The van der Waals surface area contributed by atoms with Gasteiger partial charge in [0.05, 0.1) is 22.8 Å². The molecule has 0 spiro atoms. The molecule has 8 bridgehead atoms. The molecule has 2 N–H and O–H groups in total. The summed E-state index contributed by atoms with van der Waals surface area (Å²) in [6, 6.07) is 34.0. The molecule has 0 aliphatic carbocycles. The third-order valence-corrected chi connectivity index (χ3v) is 9.37. The molecule has 238 valence electrons. The lowest BCUT2D eigenvalue weighted by Gasteiger charge is -2.07. The van der Waals surface area contributed by atoms with Gasteiger partial charge in [-0.05, 0) is 109 Å². The fourth-order valence-electron chi connectivity index (χ4n) is 6.90. The third kappa shape index (κ3) is 5.24. The van der Waals surface area contributed by atoms with Gasteiger partial charge in [0.15, 0.2) is 0 Å². The van der Waals surface area contributed by atoms with E-state index in [1.807, 2.05) is 49.1 Å². The highest BCUT2D eigenvalue weighted by Crippen LogP contribution is 2.38. The maximum Gasteiger partial charge on any atom is 0.0737 e. The second kappa shape index (κ2) is 12.1. The molecule has 50 heavy (non-hydrogen) atoms. The molecule has 6 heteroatoms. The van der Waals surface area contributed by atoms with Gasteiger partial charge in [0, 0.05) is 69.1 Å². The molecule has 2 aliphatic heterocycles. The summed E-state index contributed by atoms with van der Waals surface area (Å²) in [6.45, 7) is 4.22. The zero-order chi connectivity index (χ0) is 33.6. The fraction of sp³-hybridized carbons (Fsp3) is 0.0455. The molecule has 0 atom stereocenters. The van der Waals surface area contributed by atoms with Crippen LogP contribution in [0.1, 0.15) is 33.9 Å². The molecule has 0 saturated heterocycles. The second-order valence-electron chi connectivity index (χ2n) is 12.7. The van der Waals surface area contributed by atoms with Crippen LogP contribution in [0.2, 0.25) is 0 Å². The Morgan fingerprint density at radius 3 is 0.920 bits per heavy atom. The topological polar surface area (TPSA) is 83.1 Å². The highest BCUT2D eigenvalue weighted by atomic mass is 14.8. The molecule has 7 heterocycles. The predicted molar refractivity (Wildman–Crippen MR) is 206 cm³/mol. The van der Waals surface area contributed by atoms with Crippen LogP contribution in [0.25, 0.3) is 90.9 Å². The van der Waals surface area contributed by atoms with Crippen molar-refractivity contribution >= 4 is 46.4 Å². The molecule has 0 saturated carbocycles. The Morgan fingerprint density at radius 2 is 0.620 bits per heavy atom. The number of hydrogen-bond acceptors (Lipinski definition) is 4. The lowest BCUT2D eigenvalue weighted by Crippen LogP contribution is -1.90. The molecule has 7 aromatic rings. The number of nitrogens with one attached hydrogen (secondary N) is 2. The fourth-order valence-corrected chi connectivity index (χ4v) is 6.90. The summed E-state index contributed by atoms with van der Waals surface area (Å²) in [5.41, 5.74) is 18.1. The largest absolute Gasteiger partial charge is 0.354 e. The van der Waals surface area contributed by atoms with Gasteiger partial charge in [-0.2, -0.15) is 0 Å². The Morgan fingerprint density at radius 1 is 0.340 bits per heavy atom. The standard InChI is InChI=1S/C44H32N6/c1-27-3-7-29(8-4-27)41-33-11-12-34(47-33)42(30-9-5-28(2)6-10-30)36-14-16-38(49-36)44(32-21-25-46-26-22-32)40-18-17-39(50-40)43(31-19-23-45-24-20-31)37-15-13-35(41)48-37/h3-26,47,50H,1-2H3. The van der Waals surface area contributed by atoms with Crippen LogP contribution in [0.5, 0.6) is 0 Å². The van der Waals surface area contributed by atoms with Crippen LogP contribution in [-0.4, -0.2) is 29.9 Å². The molecular weight excluding hydrogens is 613 g/mol. The first kappa shape index (κ1) is 29.5. The van der Waals surface area contributed by atoms with Gasteiger partial charge in [-0.25, -0.2) is 9.97 Å². The van der Waals surface area contributed by atoms with E-state index in [1.54, 1.807) is 0 Å². The van der Waals surface area contributed by atoms with E-state index in [2.05, 4.69) is 131 Å². The van der Waals surface area contributed by atoms with E-state index >= 15 is 0 Å². The van der Waals surface area contributed by atoms with Crippen molar-refractivity contribution in [2.75, 3.05) is 0 Å². The molecule has 0 unspecified atom stereocenters. The van der Waals surface area contributed by atoms with Crippen LogP contribution >= 0.6 is 0 Å². The number of H-pyrrole nitrogens is 2. The highest BCUT2D eigenvalue weighted by molar-refractivity contribution is 5.99. The van der Waals surface area contributed by atoms with Crippen molar-refractivity contribution in [1.29, 1.82) is 0 Å². The van der Waals surface area contributed by atoms with E-state index < -0.39 is 0 Å². The number of aromatic nitrogens is 6. The first-order chi connectivity index (χ1) is 24.6. The highest BCUT2D eigenvalue weighted by Gasteiger charge is 2.18. The predicted octanol–water partition coefficient (Wildman–Crippen LogP) is 10.7. The van der Waals surface area contributed by atoms with E-state index in [9.17, 15) is 0 Å². The van der Waals surface area contributed by atoms with Crippen LogP contribution in [0, 0.1) is 13.8 Å². The quantitative estimate of drug-likeness (QED) is 0.200. The molecule has 6 nitrogen and oxygen atoms in total. The monoisotopic (exact) mass is 644 g/mol. The normalized spacial score (nSPS) is 12.0. The maximum absolute atomic E-state index is 5.35. The lowest BCUT2D eigenvalue weighted by atomic mass is 10.0. The maximum atomic E-state index is 5.35. The first-order valence-electron chi connectivity index (χ1n) is 16.7. The van der Waals surface area contributed by atoms with Crippen molar-refractivity contribution in [3.8, 4) is 44.5 Å². The molecule has 2 aromatic carbocycles. The van der Waals surface area contributed by atoms with Crippen molar-refractivity contribution in [1.82, 2.24) is 29.9 Å². The Bertz CT molecular complexity index is 2450. The second-order valence-corrected chi connectivity index (χ2v) is 12.7. The van der Waals surface area contributed by atoms with Crippen LogP contribution in [0.3, 0.4) is 0 Å².